The predicted octanol–water partition coefficient (Wildman–Crippen LogP) is 4.05. The van der Waals surface area contributed by atoms with Gasteiger partial charge < -0.3 is 9.88 Å². The molecular formula is C27H22N4O3. The summed E-state index contributed by atoms with van der Waals surface area (Å²) >= 11 is 0. The van der Waals surface area contributed by atoms with Crippen molar-refractivity contribution in [2.75, 3.05) is 10.3 Å². The number of anilines is 2. The van der Waals surface area contributed by atoms with Crippen LogP contribution in [0.4, 0.5) is 11.4 Å². The van der Waals surface area contributed by atoms with Crippen molar-refractivity contribution in [1.29, 1.82) is 0 Å². The number of hydrogen-bond acceptors (Lipinski definition) is 3. The summed E-state index contributed by atoms with van der Waals surface area (Å²) in [5, 5.41) is 5.03. The van der Waals surface area contributed by atoms with Crippen LogP contribution in [0.2, 0.25) is 0 Å². The Labute approximate surface area is 196 Å². The Morgan fingerprint density at radius 2 is 1.65 bits per heavy atom. The maximum absolute atomic E-state index is 13.0. The van der Waals surface area contributed by atoms with Gasteiger partial charge in [0.1, 0.15) is 12.1 Å². The zero-order chi connectivity index (χ0) is 23.7. The van der Waals surface area contributed by atoms with Gasteiger partial charge in [-0.2, -0.15) is 0 Å². The number of carbonyl (C=O) groups is 3. The summed E-state index contributed by atoms with van der Waals surface area (Å²) in [5.74, 6) is -1.06. The van der Waals surface area contributed by atoms with Crippen molar-refractivity contribution in [2.24, 2.45) is 0 Å². The number of nitrogens with one attached hydrogen (secondary N) is 2. The second kappa shape index (κ2) is 8.71. The van der Waals surface area contributed by atoms with Gasteiger partial charge in [-0.1, -0.05) is 54.6 Å². The molecule has 7 heteroatoms. The van der Waals surface area contributed by atoms with Crippen LogP contribution in [0.25, 0.3) is 17.0 Å². The van der Waals surface area contributed by atoms with Crippen molar-refractivity contribution >= 4 is 46.1 Å². The number of aromatic nitrogens is 1. The molecule has 168 valence electrons. The lowest BCUT2D eigenvalue weighted by Gasteiger charge is -2.13. The Hall–Kier alpha value is -4.65. The molecule has 1 fully saturated rings. The van der Waals surface area contributed by atoms with Gasteiger partial charge in [0, 0.05) is 28.4 Å². The highest BCUT2D eigenvalue weighted by atomic mass is 16.2. The van der Waals surface area contributed by atoms with E-state index in [1.54, 1.807) is 36.5 Å². The van der Waals surface area contributed by atoms with Crippen LogP contribution < -0.4 is 15.8 Å². The highest BCUT2D eigenvalue weighted by Gasteiger charge is 2.34. The quantitative estimate of drug-likeness (QED) is 0.355. The van der Waals surface area contributed by atoms with E-state index < -0.39 is 11.8 Å². The van der Waals surface area contributed by atoms with E-state index in [0.29, 0.717) is 11.3 Å². The first kappa shape index (κ1) is 21.2. The summed E-state index contributed by atoms with van der Waals surface area (Å²) in [6.45, 7) is 2.03. The molecular weight excluding hydrogens is 428 g/mol. The van der Waals surface area contributed by atoms with Crippen molar-refractivity contribution in [3.8, 4) is 0 Å². The van der Waals surface area contributed by atoms with E-state index in [4.69, 9.17) is 0 Å². The smallest absolute Gasteiger partial charge is 0.282 e. The molecule has 7 nitrogen and oxygen atoms in total. The fraction of sp³-hybridized carbons (Fsp3) is 0.0741. The lowest BCUT2D eigenvalue weighted by molar-refractivity contribution is -0.118. The minimum absolute atomic E-state index is 0.0381. The summed E-state index contributed by atoms with van der Waals surface area (Å²) < 4.78 is 1.82. The number of rotatable bonds is 5. The second-order valence-electron chi connectivity index (χ2n) is 8.07. The third-order valence-electron chi connectivity index (χ3n) is 5.76. The molecule has 0 radical (unpaired) electrons. The second-order valence-corrected chi connectivity index (χ2v) is 8.07. The molecule has 4 aromatic rings. The Morgan fingerprint density at radius 1 is 0.941 bits per heavy atom. The van der Waals surface area contributed by atoms with Gasteiger partial charge in [0.2, 0.25) is 5.91 Å². The van der Waals surface area contributed by atoms with E-state index in [0.717, 1.165) is 22.2 Å². The average molecular weight is 450 g/mol. The number of nitrogens with zero attached hydrogens (tertiary/aromatic N) is 2. The van der Waals surface area contributed by atoms with E-state index in [-0.39, 0.29) is 18.0 Å². The van der Waals surface area contributed by atoms with E-state index in [9.17, 15) is 14.4 Å². The Bertz CT molecular complexity index is 1450. The van der Waals surface area contributed by atoms with Crippen LogP contribution >= 0.6 is 0 Å². The molecule has 1 aliphatic rings. The number of aryl methyl sites for hydroxylation is 1. The van der Waals surface area contributed by atoms with Crippen molar-refractivity contribution < 1.29 is 14.4 Å². The predicted molar refractivity (Wildman–Crippen MR) is 132 cm³/mol. The highest BCUT2D eigenvalue weighted by molar-refractivity contribution is 6.32. The number of benzene rings is 3. The molecule has 0 bridgehead atoms. The molecule has 5 rings (SSSR count). The highest BCUT2D eigenvalue weighted by Crippen LogP contribution is 2.27. The number of fused-ring (bicyclic) bond motifs is 1. The Kier molecular flexibility index (Phi) is 5.43. The van der Waals surface area contributed by atoms with Crippen molar-refractivity contribution in [1.82, 2.24) is 9.99 Å². The molecule has 0 atom stereocenters. The van der Waals surface area contributed by atoms with Gasteiger partial charge >= 0.3 is 0 Å². The molecule has 0 aliphatic carbocycles. The normalized spacial score (nSPS) is 14.6. The molecule has 34 heavy (non-hydrogen) atoms. The molecule has 3 amide bonds. The summed E-state index contributed by atoms with van der Waals surface area (Å²) in [4.78, 5) is 38.4. The monoisotopic (exact) mass is 450 g/mol. The van der Waals surface area contributed by atoms with Crippen LogP contribution in [0.3, 0.4) is 0 Å². The third-order valence-corrected chi connectivity index (χ3v) is 5.76. The summed E-state index contributed by atoms with van der Waals surface area (Å²) in [7, 11) is 0. The van der Waals surface area contributed by atoms with Crippen LogP contribution in [-0.2, 0) is 20.9 Å². The van der Waals surface area contributed by atoms with Crippen molar-refractivity contribution in [3.63, 3.8) is 0 Å². The zero-order valence-electron chi connectivity index (χ0n) is 18.5. The van der Waals surface area contributed by atoms with Gasteiger partial charge in [-0.05, 0) is 42.8 Å². The molecule has 0 saturated carbocycles. The van der Waals surface area contributed by atoms with E-state index >= 15 is 0 Å². The number of para-hydroxylation sites is 3. The van der Waals surface area contributed by atoms with Gasteiger partial charge in [-0.15, -0.1) is 0 Å². The van der Waals surface area contributed by atoms with Crippen LogP contribution in [0.5, 0.6) is 0 Å². The first-order valence-corrected chi connectivity index (χ1v) is 10.9. The lowest BCUT2D eigenvalue weighted by Crippen LogP contribution is -2.35. The van der Waals surface area contributed by atoms with Crippen LogP contribution in [-0.4, -0.2) is 22.3 Å². The Morgan fingerprint density at radius 3 is 2.44 bits per heavy atom. The molecule has 1 aromatic heterocycles. The minimum Gasteiger partial charge on any atom is -0.337 e. The maximum atomic E-state index is 13.0. The van der Waals surface area contributed by atoms with Gasteiger partial charge in [-0.25, -0.2) is 5.01 Å². The fourth-order valence-electron chi connectivity index (χ4n) is 4.05. The van der Waals surface area contributed by atoms with Gasteiger partial charge in [0.25, 0.3) is 11.8 Å². The van der Waals surface area contributed by atoms with Crippen LogP contribution in [0.15, 0.2) is 90.6 Å². The van der Waals surface area contributed by atoms with E-state index in [1.165, 1.54) is 5.01 Å². The average Bonchev–Trinajstić information content (AvgIpc) is 3.33. The molecule has 2 N–H and O–H groups in total. The summed E-state index contributed by atoms with van der Waals surface area (Å²) in [5.41, 5.74) is 6.50. The third kappa shape index (κ3) is 3.95. The zero-order valence-corrected chi connectivity index (χ0v) is 18.5. The maximum Gasteiger partial charge on any atom is 0.282 e. The minimum atomic E-state index is -0.469. The number of amides is 3. The SMILES string of the molecule is Cc1ccccc1NC(=O)Cn1cc(C=C2C(=O)NN(c3ccccc3)C2=O)c2ccccc21. The van der Waals surface area contributed by atoms with Gasteiger partial charge in [0.05, 0.1) is 5.69 Å². The summed E-state index contributed by atoms with van der Waals surface area (Å²) in [6, 6.07) is 24.1. The molecule has 0 unspecified atom stereocenters. The van der Waals surface area contributed by atoms with E-state index in [2.05, 4.69) is 10.7 Å². The molecule has 1 saturated heterocycles. The fourth-order valence-corrected chi connectivity index (χ4v) is 4.05. The van der Waals surface area contributed by atoms with Gasteiger partial charge in [0.15, 0.2) is 0 Å². The first-order valence-electron chi connectivity index (χ1n) is 10.9. The largest absolute Gasteiger partial charge is 0.337 e. The number of carbonyl (C=O) groups excluding carboxylic acids is 3. The lowest BCUT2D eigenvalue weighted by atomic mass is 10.1. The van der Waals surface area contributed by atoms with Crippen LogP contribution in [0, 0.1) is 6.92 Å². The van der Waals surface area contributed by atoms with Crippen molar-refractivity contribution in [2.45, 2.75) is 13.5 Å². The number of hydrazine groups is 1. The number of hydrogen-bond donors (Lipinski definition) is 2. The van der Waals surface area contributed by atoms with Crippen LogP contribution in [0.1, 0.15) is 11.1 Å². The van der Waals surface area contributed by atoms with Crippen molar-refractivity contribution in [3.05, 3.63) is 102 Å². The molecule has 2 heterocycles. The molecule has 0 spiro atoms. The van der Waals surface area contributed by atoms with E-state index in [1.807, 2.05) is 66.1 Å². The molecule has 1 aliphatic heterocycles. The standard InChI is InChI=1S/C27H22N4O3/c1-18-9-5-7-13-23(18)28-25(32)17-30-16-19(21-12-6-8-14-24(21)30)15-22-26(33)29-31(27(22)34)20-10-3-2-4-11-20/h2-16H,17H2,1H3,(H,28,32)(H,29,33). The van der Waals surface area contributed by atoms with Gasteiger partial charge in [-0.3, -0.25) is 19.8 Å². The Balaban J connectivity index is 1.45. The first-order chi connectivity index (χ1) is 16.5. The summed E-state index contributed by atoms with van der Waals surface area (Å²) in [6.07, 6.45) is 3.37. The topological polar surface area (TPSA) is 83.4 Å². The molecule has 3 aromatic carbocycles.